The Labute approximate surface area is 190 Å². The van der Waals surface area contributed by atoms with Crippen molar-refractivity contribution in [1.82, 2.24) is 4.90 Å². The molecule has 0 N–H and O–H groups in total. The molecule has 0 atom stereocenters. The molecule has 1 amide bonds. The summed E-state index contributed by atoms with van der Waals surface area (Å²) in [5.74, 6) is 2.48. The smallest absolute Gasteiger partial charge is 0.266 e. The lowest BCUT2D eigenvalue weighted by atomic mass is 10.1. The third-order valence-corrected chi connectivity index (χ3v) is 5.80. The molecule has 168 valence electrons. The minimum Gasteiger partial charge on any atom is -0.497 e. The molecule has 2 aromatic carbocycles. The van der Waals surface area contributed by atoms with Gasteiger partial charge >= 0.3 is 0 Å². The fraction of sp³-hybridized carbons (Fsp3) is 0.304. The molecule has 2 aromatic rings. The van der Waals surface area contributed by atoms with E-state index in [2.05, 4.69) is 4.99 Å². The summed E-state index contributed by atoms with van der Waals surface area (Å²) in [6.45, 7) is 3.35. The number of hydrogen-bond acceptors (Lipinski definition) is 8. The number of carbonyl (C=O) groups is 1. The number of carbonyl (C=O) groups excluding carboxylic acids is 1. The van der Waals surface area contributed by atoms with E-state index in [4.69, 9.17) is 23.7 Å². The number of benzene rings is 2. The van der Waals surface area contributed by atoms with Crippen LogP contribution in [0.25, 0.3) is 6.08 Å². The first-order chi connectivity index (χ1) is 15.6. The second-order valence-corrected chi connectivity index (χ2v) is 7.84. The van der Waals surface area contributed by atoms with E-state index >= 15 is 0 Å². The third kappa shape index (κ3) is 4.68. The largest absolute Gasteiger partial charge is 0.497 e. The normalized spacial score (nSPS) is 17.5. The van der Waals surface area contributed by atoms with Crippen LogP contribution in [0.15, 0.2) is 46.3 Å². The van der Waals surface area contributed by atoms with Gasteiger partial charge in [0.1, 0.15) is 11.5 Å². The number of methoxy groups -OCH3 is 2. The summed E-state index contributed by atoms with van der Waals surface area (Å²) in [5, 5.41) is 0.585. The van der Waals surface area contributed by atoms with Gasteiger partial charge in [0.2, 0.25) is 6.79 Å². The number of rotatable bonds is 8. The van der Waals surface area contributed by atoms with Crippen LogP contribution < -0.4 is 18.9 Å². The van der Waals surface area contributed by atoms with E-state index < -0.39 is 0 Å². The Bertz CT molecular complexity index is 1050. The highest BCUT2D eigenvalue weighted by Gasteiger charge is 2.33. The zero-order valence-electron chi connectivity index (χ0n) is 18.1. The Morgan fingerprint density at radius 1 is 1.16 bits per heavy atom. The van der Waals surface area contributed by atoms with Crippen LogP contribution >= 0.6 is 11.8 Å². The minimum atomic E-state index is -0.139. The van der Waals surface area contributed by atoms with Gasteiger partial charge in [0.05, 0.1) is 37.5 Å². The summed E-state index contributed by atoms with van der Waals surface area (Å²) in [5.41, 5.74) is 1.46. The van der Waals surface area contributed by atoms with E-state index in [1.807, 2.05) is 37.3 Å². The van der Waals surface area contributed by atoms with Crippen molar-refractivity contribution in [1.29, 1.82) is 0 Å². The van der Waals surface area contributed by atoms with Gasteiger partial charge in [-0.15, -0.1) is 0 Å². The summed E-state index contributed by atoms with van der Waals surface area (Å²) in [7, 11) is 3.22. The molecule has 2 heterocycles. The third-order valence-electron chi connectivity index (χ3n) is 4.80. The van der Waals surface area contributed by atoms with Gasteiger partial charge in [-0.25, -0.2) is 4.99 Å². The van der Waals surface area contributed by atoms with Gasteiger partial charge < -0.3 is 23.7 Å². The Balaban J connectivity index is 1.68. The molecule has 1 saturated heterocycles. The number of nitrogens with zero attached hydrogens (tertiary/aromatic N) is 2. The van der Waals surface area contributed by atoms with Crippen LogP contribution in [0.3, 0.4) is 0 Å². The summed E-state index contributed by atoms with van der Waals surface area (Å²) in [4.78, 5) is 20.0. The van der Waals surface area contributed by atoms with Crippen molar-refractivity contribution >= 4 is 34.6 Å². The summed E-state index contributed by atoms with van der Waals surface area (Å²) in [6.07, 6.45) is 1.80. The van der Waals surface area contributed by atoms with Crippen LogP contribution in [-0.4, -0.2) is 56.7 Å². The van der Waals surface area contributed by atoms with Crippen molar-refractivity contribution in [3.05, 3.63) is 46.9 Å². The van der Waals surface area contributed by atoms with Crippen LogP contribution in [0.5, 0.6) is 23.0 Å². The highest BCUT2D eigenvalue weighted by atomic mass is 32.2. The van der Waals surface area contributed by atoms with Crippen LogP contribution in [0.1, 0.15) is 12.5 Å². The first-order valence-electron chi connectivity index (χ1n) is 10.1. The maximum Gasteiger partial charge on any atom is 0.266 e. The fourth-order valence-electron chi connectivity index (χ4n) is 3.21. The molecular formula is C23H24N2O6S. The first kappa shape index (κ1) is 22.0. The molecule has 0 bridgehead atoms. The molecule has 2 aliphatic heterocycles. The molecule has 0 radical (unpaired) electrons. The molecular weight excluding hydrogens is 432 g/mol. The van der Waals surface area contributed by atoms with E-state index in [-0.39, 0.29) is 12.7 Å². The molecule has 0 spiro atoms. The summed E-state index contributed by atoms with van der Waals surface area (Å²) < 4.78 is 27.1. The lowest BCUT2D eigenvalue weighted by molar-refractivity contribution is -0.122. The Hall–Kier alpha value is -3.17. The van der Waals surface area contributed by atoms with Crippen molar-refractivity contribution in [2.75, 3.05) is 40.8 Å². The quantitative estimate of drug-likeness (QED) is 0.554. The molecule has 1 fully saturated rings. The molecule has 2 aliphatic rings. The maximum absolute atomic E-state index is 13.2. The predicted molar refractivity (Wildman–Crippen MR) is 123 cm³/mol. The minimum absolute atomic E-state index is 0.139. The SMILES string of the molecule is CCOc1cc2c(cc1/C=C1/SC(=Nc3ccc(OC)cc3)N(CCOC)C1=O)OCO2. The molecule has 0 aliphatic carbocycles. The van der Waals surface area contributed by atoms with Crippen molar-refractivity contribution in [2.45, 2.75) is 6.92 Å². The van der Waals surface area contributed by atoms with Gasteiger partial charge in [-0.2, -0.15) is 0 Å². The monoisotopic (exact) mass is 456 g/mol. The van der Waals surface area contributed by atoms with Crippen molar-refractivity contribution in [3.63, 3.8) is 0 Å². The molecule has 8 nitrogen and oxygen atoms in total. The molecule has 4 rings (SSSR count). The van der Waals surface area contributed by atoms with E-state index in [9.17, 15) is 4.79 Å². The van der Waals surface area contributed by atoms with Crippen LogP contribution in [0.2, 0.25) is 0 Å². The Morgan fingerprint density at radius 3 is 2.59 bits per heavy atom. The average Bonchev–Trinajstić information content (AvgIpc) is 3.37. The predicted octanol–water partition coefficient (Wildman–Crippen LogP) is 4.07. The number of fused-ring (bicyclic) bond motifs is 1. The first-order valence-corrected chi connectivity index (χ1v) is 10.9. The molecule has 0 unspecified atom stereocenters. The topological polar surface area (TPSA) is 78.8 Å². The Kier molecular flexibility index (Phi) is 6.87. The zero-order valence-corrected chi connectivity index (χ0v) is 18.9. The number of aliphatic imine (C=N–C) groups is 1. The molecule has 32 heavy (non-hydrogen) atoms. The van der Waals surface area contributed by atoms with Crippen molar-refractivity contribution < 1.29 is 28.5 Å². The summed E-state index contributed by atoms with van der Waals surface area (Å²) >= 11 is 1.31. The highest BCUT2D eigenvalue weighted by molar-refractivity contribution is 8.18. The van der Waals surface area contributed by atoms with E-state index in [0.717, 1.165) is 17.0 Å². The maximum atomic E-state index is 13.2. The lowest BCUT2D eigenvalue weighted by Crippen LogP contribution is -2.32. The van der Waals surface area contributed by atoms with E-state index in [0.29, 0.717) is 47.1 Å². The van der Waals surface area contributed by atoms with Crippen LogP contribution in [-0.2, 0) is 9.53 Å². The lowest BCUT2D eigenvalue weighted by Gasteiger charge is -2.14. The molecule has 0 aromatic heterocycles. The second kappa shape index (κ2) is 9.97. The fourth-order valence-corrected chi connectivity index (χ4v) is 4.23. The average molecular weight is 457 g/mol. The van der Waals surface area contributed by atoms with E-state index in [1.165, 1.54) is 11.8 Å². The second-order valence-electron chi connectivity index (χ2n) is 6.83. The van der Waals surface area contributed by atoms with Gasteiger partial charge in [0.15, 0.2) is 16.7 Å². The van der Waals surface area contributed by atoms with Gasteiger partial charge in [0, 0.05) is 18.7 Å². The number of ether oxygens (including phenoxy) is 5. The van der Waals surface area contributed by atoms with Gasteiger partial charge in [-0.1, -0.05) is 0 Å². The standard InChI is InChI=1S/C23H24N2O6S/c1-4-29-18-13-20-19(30-14-31-20)11-15(18)12-21-22(26)25(9-10-27-2)23(32-21)24-16-5-7-17(28-3)8-6-16/h5-8,11-13H,4,9-10,14H2,1-3H3/b21-12+,24-23?. The number of thioether (sulfide) groups is 1. The van der Waals surface area contributed by atoms with Gasteiger partial charge in [-0.3, -0.25) is 9.69 Å². The van der Waals surface area contributed by atoms with Crippen LogP contribution in [0, 0.1) is 0 Å². The van der Waals surface area contributed by atoms with Crippen molar-refractivity contribution in [2.24, 2.45) is 4.99 Å². The molecule has 9 heteroatoms. The number of hydrogen-bond donors (Lipinski definition) is 0. The Morgan fingerprint density at radius 2 is 1.91 bits per heavy atom. The summed E-state index contributed by atoms with van der Waals surface area (Å²) in [6, 6.07) is 11.0. The number of amides is 1. The zero-order chi connectivity index (χ0) is 22.5. The van der Waals surface area contributed by atoms with Gasteiger partial charge in [0.25, 0.3) is 5.91 Å². The van der Waals surface area contributed by atoms with Crippen molar-refractivity contribution in [3.8, 4) is 23.0 Å². The van der Waals surface area contributed by atoms with E-state index in [1.54, 1.807) is 31.3 Å². The van der Waals surface area contributed by atoms with Gasteiger partial charge in [-0.05, 0) is 55.1 Å². The highest BCUT2D eigenvalue weighted by Crippen LogP contribution is 2.41. The molecule has 0 saturated carbocycles. The number of amidine groups is 1. The van der Waals surface area contributed by atoms with Crippen LogP contribution in [0.4, 0.5) is 5.69 Å².